The Bertz CT molecular complexity index is 1040. The zero-order valence-corrected chi connectivity index (χ0v) is 14.3. The fourth-order valence-corrected chi connectivity index (χ4v) is 2.68. The summed E-state index contributed by atoms with van der Waals surface area (Å²) in [4.78, 5) is 22.8. The van der Waals surface area contributed by atoms with Gasteiger partial charge in [0.2, 0.25) is 5.75 Å². The van der Waals surface area contributed by atoms with E-state index >= 15 is 0 Å². The van der Waals surface area contributed by atoms with Gasteiger partial charge in [-0.1, -0.05) is 0 Å². The average molecular weight is 357 g/mol. The van der Waals surface area contributed by atoms with Gasteiger partial charge in [0.1, 0.15) is 5.75 Å². The largest absolute Gasteiger partial charge is 0.496 e. The zero-order valence-electron chi connectivity index (χ0n) is 14.3. The molecule has 0 amide bonds. The molecule has 3 rings (SSSR count). The van der Waals surface area contributed by atoms with Crippen LogP contribution in [-0.2, 0) is 0 Å². The number of ether oxygens (including phenoxy) is 3. The summed E-state index contributed by atoms with van der Waals surface area (Å²) < 4.78 is 21.4. The predicted molar refractivity (Wildman–Crippen MR) is 94.2 cm³/mol. The molecule has 0 aliphatic rings. The summed E-state index contributed by atoms with van der Waals surface area (Å²) in [6, 6.07) is 8.85. The summed E-state index contributed by atoms with van der Waals surface area (Å²) in [5.41, 5.74) is 0.253. The minimum absolute atomic E-state index is 0.0667. The van der Waals surface area contributed by atoms with Gasteiger partial charge >= 0.3 is 5.63 Å². The number of rotatable bonds is 5. The number of fused-ring (bicyclic) bond motifs is 1. The monoisotopic (exact) mass is 357 g/mol. The molecule has 0 unspecified atom stereocenters. The number of hydrogen-bond acceptors (Lipinski definition) is 7. The molecule has 0 saturated heterocycles. The van der Waals surface area contributed by atoms with Crippen molar-refractivity contribution in [1.29, 1.82) is 0 Å². The van der Waals surface area contributed by atoms with Crippen LogP contribution in [0.15, 0.2) is 45.6 Å². The Morgan fingerprint density at radius 3 is 2.15 bits per heavy atom. The fourth-order valence-electron chi connectivity index (χ4n) is 2.68. The highest BCUT2D eigenvalue weighted by Crippen LogP contribution is 2.41. The van der Waals surface area contributed by atoms with Crippen molar-refractivity contribution in [2.24, 2.45) is 0 Å². The third kappa shape index (κ3) is 2.81. The van der Waals surface area contributed by atoms with E-state index < -0.39 is 10.5 Å². The Kier molecular flexibility index (Phi) is 4.49. The maximum Gasteiger partial charge on any atom is 0.344 e. The average Bonchev–Trinajstić information content (AvgIpc) is 2.66. The molecule has 0 bridgehead atoms. The minimum atomic E-state index is -0.611. The molecule has 0 atom stereocenters. The molecule has 3 aromatic rings. The highest BCUT2D eigenvalue weighted by molar-refractivity contribution is 5.93. The molecular formula is C18H15NO7. The molecule has 1 heterocycles. The summed E-state index contributed by atoms with van der Waals surface area (Å²) in [7, 11) is 4.39. The SMILES string of the molecule is COc1cc(OC)c2cc(-c3ccc([N+](=O)[O-])cc3)c(=O)oc2c1OC. The number of nitro benzene ring substituents is 1. The molecule has 0 aliphatic heterocycles. The van der Waals surface area contributed by atoms with Crippen molar-refractivity contribution in [2.45, 2.75) is 0 Å². The number of hydrogen-bond donors (Lipinski definition) is 0. The standard InChI is InChI=1S/C18H15NO7/c1-23-14-9-15(24-2)17(25-3)16-13(14)8-12(18(20)26-16)10-4-6-11(7-5-10)19(21)22/h4-9H,1-3H3. The van der Waals surface area contributed by atoms with Crippen LogP contribution in [0.25, 0.3) is 22.1 Å². The first kappa shape index (κ1) is 17.3. The quantitative estimate of drug-likeness (QED) is 0.392. The van der Waals surface area contributed by atoms with Crippen LogP contribution in [0.3, 0.4) is 0 Å². The maximum absolute atomic E-state index is 12.5. The van der Waals surface area contributed by atoms with Gasteiger partial charge in [0.25, 0.3) is 5.69 Å². The number of benzene rings is 2. The second-order valence-electron chi connectivity index (χ2n) is 5.31. The molecule has 2 aromatic carbocycles. The normalized spacial score (nSPS) is 10.6. The highest BCUT2D eigenvalue weighted by Gasteiger charge is 2.19. The Morgan fingerprint density at radius 1 is 0.962 bits per heavy atom. The predicted octanol–water partition coefficient (Wildman–Crippen LogP) is 3.39. The Morgan fingerprint density at radius 2 is 1.62 bits per heavy atom. The van der Waals surface area contributed by atoms with Crippen LogP contribution in [0.1, 0.15) is 0 Å². The Balaban J connectivity index is 2.27. The van der Waals surface area contributed by atoms with Crippen LogP contribution >= 0.6 is 0 Å². The molecule has 8 heteroatoms. The van der Waals surface area contributed by atoms with E-state index in [-0.39, 0.29) is 22.6 Å². The smallest absolute Gasteiger partial charge is 0.344 e. The number of nitrogens with zero attached hydrogens (tertiary/aromatic N) is 1. The van der Waals surface area contributed by atoms with Crippen LogP contribution in [0, 0.1) is 10.1 Å². The Labute approximate surface area is 147 Å². The highest BCUT2D eigenvalue weighted by atomic mass is 16.6. The lowest BCUT2D eigenvalue weighted by molar-refractivity contribution is -0.384. The van der Waals surface area contributed by atoms with E-state index in [2.05, 4.69) is 0 Å². The van der Waals surface area contributed by atoms with E-state index in [0.29, 0.717) is 22.4 Å². The first-order valence-electron chi connectivity index (χ1n) is 7.51. The third-order valence-electron chi connectivity index (χ3n) is 3.94. The first-order valence-corrected chi connectivity index (χ1v) is 7.51. The van der Waals surface area contributed by atoms with Crippen molar-refractivity contribution >= 4 is 16.7 Å². The van der Waals surface area contributed by atoms with Gasteiger partial charge in [-0.25, -0.2) is 4.79 Å². The van der Waals surface area contributed by atoms with E-state index in [1.54, 1.807) is 12.1 Å². The molecule has 26 heavy (non-hydrogen) atoms. The molecular weight excluding hydrogens is 342 g/mol. The van der Waals surface area contributed by atoms with Gasteiger partial charge in [0.15, 0.2) is 11.3 Å². The van der Waals surface area contributed by atoms with Crippen LogP contribution < -0.4 is 19.8 Å². The van der Waals surface area contributed by atoms with E-state index in [4.69, 9.17) is 18.6 Å². The van der Waals surface area contributed by atoms with Crippen LogP contribution in [0.2, 0.25) is 0 Å². The molecule has 1 aromatic heterocycles. The van der Waals surface area contributed by atoms with Crippen molar-refractivity contribution in [3.05, 3.63) is 56.9 Å². The van der Waals surface area contributed by atoms with E-state index in [0.717, 1.165) is 0 Å². The van der Waals surface area contributed by atoms with Gasteiger partial charge in [-0.15, -0.1) is 0 Å². The fraction of sp³-hybridized carbons (Fsp3) is 0.167. The van der Waals surface area contributed by atoms with Gasteiger partial charge in [-0.3, -0.25) is 10.1 Å². The lowest BCUT2D eigenvalue weighted by Gasteiger charge is -2.13. The van der Waals surface area contributed by atoms with E-state index in [1.807, 2.05) is 0 Å². The van der Waals surface area contributed by atoms with Gasteiger partial charge in [0, 0.05) is 18.2 Å². The summed E-state index contributed by atoms with van der Waals surface area (Å²) in [5, 5.41) is 11.3. The van der Waals surface area contributed by atoms with Crippen molar-refractivity contribution < 1.29 is 23.6 Å². The van der Waals surface area contributed by atoms with Crippen molar-refractivity contribution in [3.8, 4) is 28.4 Å². The molecule has 0 saturated carbocycles. The lowest BCUT2D eigenvalue weighted by Crippen LogP contribution is -2.05. The van der Waals surface area contributed by atoms with Crippen molar-refractivity contribution in [1.82, 2.24) is 0 Å². The minimum Gasteiger partial charge on any atom is -0.496 e. The maximum atomic E-state index is 12.5. The summed E-state index contributed by atoms with van der Waals surface area (Å²) in [6.45, 7) is 0. The topological polar surface area (TPSA) is 101 Å². The Hall–Kier alpha value is -3.55. The molecule has 0 radical (unpaired) electrons. The van der Waals surface area contributed by atoms with Crippen LogP contribution in [0.4, 0.5) is 5.69 Å². The van der Waals surface area contributed by atoms with E-state index in [9.17, 15) is 14.9 Å². The van der Waals surface area contributed by atoms with E-state index in [1.165, 1.54) is 45.6 Å². The summed E-state index contributed by atoms with van der Waals surface area (Å²) >= 11 is 0. The van der Waals surface area contributed by atoms with Crippen LogP contribution in [-0.4, -0.2) is 26.3 Å². The van der Waals surface area contributed by atoms with Gasteiger partial charge in [-0.05, 0) is 23.8 Å². The molecule has 134 valence electrons. The molecule has 0 spiro atoms. The number of methoxy groups -OCH3 is 3. The summed E-state index contributed by atoms with van der Waals surface area (Å²) in [6.07, 6.45) is 0. The van der Waals surface area contributed by atoms with Gasteiger partial charge in [-0.2, -0.15) is 0 Å². The van der Waals surface area contributed by atoms with Gasteiger partial charge in [0.05, 0.1) is 37.2 Å². The van der Waals surface area contributed by atoms with Crippen molar-refractivity contribution in [2.75, 3.05) is 21.3 Å². The number of nitro groups is 1. The van der Waals surface area contributed by atoms with Crippen molar-refractivity contribution in [3.63, 3.8) is 0 Å². The molecule has 0 N–H and O–H groups in total. The van der Waals surface area contributed by atoms with Crippen LogP contribution in [0.5, 0.6) is 17.2 Å². The molecule has 8 nitrogen and oxygen atoms in total. The first-order chi connectivity index (χ1) is 12.5. The molecule has 0 fully saturated rings. The summed E-state index contributed by atoms with van der Waals surface area (Å²) in [5.74, 6) is 1.07. The van der Waals surface area contributed by atoms with Gasteiger partial charge < -0.3 is 18.6 Å². The lowest BCUT2D eigenvalue weighted by atomic mass is 10.0. The zero-order chi connectivity index (χ0) is 18.8. The second-order valence-corrected chi connectivity index (χ2v) is 5.31. The second kappa shape index (κ2) is 6.75. The number of non-ortho nitro benzene ring substituents is 1. The third-order valence-corrected chi connectivity index (χ3v) is 3.94. The molecule has 0 aliphatic carbocycles.